The summed E-state index contributed by atoms with van der Waals surface area (Å²) in [6, 6.07) is 5.66. The van der Waals surface area contributed by atoms with Gasteiger partial charge in [0, 0.05) is 11.6 Å². The number of thiocarbonyl (C=S) groups is 1. The summed E-state index contributed by atoms with van der Waals surface area (Å²) < 4.78 is 45.9. The van der Waals surface area contributed by atoms with Gasteiger partial charge in [0.15, 0.2) is 17.4 Å². The Labute approximate surface area is 119 Å². The van der Waals surface area contributed by atoms with Gasteiger partial charge < -0.3 is 10.5 Å². The van der Waals surface area contributed by atoms with Crippen molar-refractivity contribution in [2.75, 3.05) is 0 Å². The summed E-state index contributed by atoms with van der Waals surface area (Å²) in [5.74, 6) is -3.08. The second kappa shape index (κ2) is 5.50. The second-order valence-corrected chi connectivity index (χ2v) is 4.58. The average Bonchev–Trinajstić information content (AvgIpc) is 2.37. The predicted molar refractivity (Wildman–Crippen MR) is 73.5 cm³/mol. The Hall–Kier alpha value is -2.08. The van der Waals surface area contributed by atoms with Crippen molar-refractivity contribution in [3.63, 3.8) is 0 Å². The third-order valence-electron chi connectivity index (χ3n) is 2.65. The summed E-state index contributed by atoms with van der Waals surface area (Å²) in [6.45, 7) is 1.63. The first-order chi connectivity index (χ1) is 9.38. The van der Waals surface area contributed by atoms with Crippen molar-refractivity contribution in [2.45, 2.75) is 6.92 Å². The van der Waals surface area contributed by atoms with E-state index in [1.54, 1.807) is 6.92 Å². The standard InChI is InChI=1S/C14H10F3NOS/c1-7-2-3-9(15)6-12(7)19-13-10(16)4-8(14(18)20)5-11(13)17/h2-6H,1H3,(H2,18,20). The molecule has 0 radical (unpaired) electrons. The molecule has 0 fully saturated rings. The van der Waals surface area contributed by atoms with E-state index in [2.05, 4.69) is 12.2 Å². The minimum atomic E-state index is -0.962. The molecular formula is C14H10F3NOS. The molecule has 6 heteroatoms. The van der Waals surface area contributed by atoms with Gasteiger partial charge in [0.25, 0.3) is 0 Å². The van der Waals surface area contributed by atoms with Crippen molar-refractivity contribution in [1.29, 1.82) is 0 Å². The van der Waals surface area contributed by atoms with Crippen LogP contribution < -0.4 is 10.5 Å². The lowest BCUT2D eigenvalue weighted by atomic mass is 10.2. The molecule has 2 nitrogen and oxygen atoms in total. The molecule has 0 saturated heterocycles. The number of ether oxygens (including phenoxy) is 1. The summed E-state index contributed by atoms with van der Waals surface area (Å²) in [6.07, 6.45) is 0. The first-order valence-corrected chi connectivity index (χ1v) is 6.02. The van der Waals surface area contributed by atoms with Crippen molar-refractivity contribution in [2.24, 2.45) is 5.73 Å². The summed E-state index contributed by atoms with van der Waals surface area (Å²) in [4.78, 5) is -0.128. The number of rotatable bonds is 3. The molecule has 0 heterocycles. The Morgan fingerprint density at radius 1 is 1.10 bits per heavy atom. The van der Waals surface area contributed by atoms with Crippen LogP contribution in [0.15, 0.2) is 30.3 Å². The number of hydrogen-bond donors (Lipinski definition) is 1. The number of hydrogen-bond acceptors (Lipinski definition) is 2. The van der Waals surface area contributed by atoms with E-state index in [4.69, 9.17) is 10.5 Å². The van der Waals surface area contributed by atoms with E-state index in [-0.39, 0.29) is 16.3 Å². The van der Waals surface area contributed by atoms with E-state index < -0.39 is 23.2 Å². The largest absolute Gasteiger partial charge is 0.451 e. The lowest BCUT2D eigenvalue weighted by molar-refractivity contribution is 0.403. The maximum absolute atomic E-state index is 13.8. The molecule has 0 aliphatic rings. The van der Waals surface area contributed by atoms with Crippen molar-refractivity contribution in [3.05, 3.63) is 58.9 Å². The highest BCUT2D eigenvalue weighted by Gasteiger charge is 2.16. The van der Waals surface area contributed by atoms with E-state index in [9.17, 15) is 13.2 Å². The molecule has 0 aliphatic carbocycles. The highest BCUT2D eigenvalue weighted by molar-refractivity contribution is 7.80. The summed E-state index contributed by atoms with van der Waals surface area (Å²) in [5.41, 5.74) is 5.90. The fraction of sp³-hybridized carbons (Fsp3) is 0.0714. The Kier molecular flexibility index (Phi) is 3.94. The van der Waals surface area contributed by atoms with Crippen molar-refractivity contribution < 1.29 is 17.9 Å². The minimum absolute atomic E-state index is 0.0332. The molecule has 0 saturated carbocycles. The van der Waals surface area contributed by atoms with Gasteiger partial charge in [-0.1, -0.05) is 18.3 Å². The average molecular weight is 297 g/mol. The summed E-state index contributed by atoms with van der Waals surface area (Å²) in [7, 11) is 0. The van der Waals surface area contributed by atoms with E-state index >= 15 is 0 Å². The van der Waals surface area contributed by atoms with Gasteiger partial charge in [-0.3, -0.25) is 0 Å². The maximum Gasteiger partial charge on any atom is 0.198 e. The smallest absolute Gasteiger partial charge is 0.198 e. The van der Waals surface area contributed by atoms with Gasteiger partial charge in [-0.15, -0.1) is 0 Å². The SMILES string of the molecule is Cc1ccc(F)cc1Oc1c(F)cc(C(N)=S)cc1F. The zero-order valence-electron chi connectivity index (χ0n) is 10.4. The van der Waals surface area contributed by atoms with Gasteiger partial charge in [-0.2, -0.15) is 0 Å². The maximum atomic E-state index is 13.8. The van der Waals surface area contributed by atoms with E-state index in [0.29, 0.717) is 5.56 Å². The number of benzene rings is 2. The molecule has 104 valence electrons. The molecule has 2 aromatic carbocycles. The van der Waals surface area contributed by atoms with Gasteiger partial charge in [-0.05, 0) is 30.7 Å². The Morgan fingerprint density at radius 2 is 1.70 bits per heavy atom. The van der Waals surface area contributed by atoms with Gasteiger partial charge in [0.1, 0.15) is 16.6 Å². The molecule has 0 spiro atoms. The molecule has 2 N–H and O–H groups in total. The zero-order valence-corrected chi connectivity index (χ0v) is 11.2. The van der Waals surface area contributed by atoms with Crippen LogP contribution in [0, 0.1) is 24.4 Å². The zero-order chi connectivity index (χ0) is 14.9. The Balaban J connectivity index is 2.44. The van der Waals surface area contributed by atoms with Crippen LogP contribution >= 0.6 is 12.2 Å². The first kappa shape index (κ1) is 14.3. The predicted octanol–water partition coefficient (Wildman–Crippen LogP) is 3.84. The third kappa shape index (κ3) is 2.91. The molecule has 2 aromatic rings. The fourth-order valence-corrected chi connectivity index (χ4v) is 1.71. The second-order valence-electron chi connectivity index (χ2n) is 4.15. The molecule has 0 aromatic heterocycles. The van der Waals surface area contributed by atoms with Crippen LogP contribution in [0.3, 0.4) is 0 Å². The first-order valence-electron chi connectivity index (χ1n) is 5.61. The van der Waals surface area contributed by atoms with Gasteiger partial charge in [0.05, 0.1) is 0 Å². The van der Waals surface area contributed by atoms with Crippen LogP contribution in [-0.4, -0.2) is 4.99 Å². The number of halogens is 3. The highest BCUT2D eigenvalue weighted by atomic mass is 32.1. The van der Waals surface area contributed by atoms with Gasteiger partial charge in [0.2, 0.25) is 0 Å². The van der Waals surface area contributed by atoms with Crippen LogP contribution in [-0.2, 0) is 0 Å². The Bertz CT molecular complexity index is 665. The van der Waals surface area contributed by atoms with E-state index in [0.717, 1.165) is 18.2 Å². The minimum Gasteiger partial charge on any atom is -0.451 e. The lowest BCUT2D eigenvalue weighted by Crippen LogP contribution is -2.10. The Morgan fingerprint density at radius 3 is 2.25 bits per heavy atom. The molecule has 0 aliphatic heterocycles. The molecular weight excluding hydrogens is 287 g/mol. The van der Waals surface area contributed by atoms with Crippen LogP contribution in [0.4, 0.5) is 13.2 Å². The van der Waals surface area contributed by atoms with Crippen molar-refractivity contribution in [1.82, 2.24) is 0 Å². The van der Waals surface area contributed by atoms with E-state index in [1.165, 1.54) is 12.1 Å². The fourth-order valence-electron chi connectivity index (χ4n) is 1.59. The lowest BCUT2D eigenvalue weighted by Gasteiger charge is -2.11. The van der Waals surface area contributed by atoms with Gasteiger partial charge in [-0.25, -0.2) is 13.2 Å². The number of nitrogens with two attached hydrogens (primary N) is 1. The van der Waals surface area contributed by atoms with Crippen LogP contribution in [0.25, 0.3) is 0 Å². The third-order valence-corrected chi connectivity index (χ3v) is 2.88. The van der Waals surface area contributed by atoms with Crippen molar-refractivity contribution >= 4 is 17.2 Å². The highest BCUT2D eigenvalue weighted by Crippen LogP contribution is 2.31. The molecule has 0 amide bonds. The molecule has 0 atom stereocenters. The van der Waals surface area contributed by atoms with Gasteiger partial charge >= 0.3 is 0 Å². The monoisotopic (exact) mass is 297 g/mol. The van der Waals surface area contributed by atoms with Crippen molar-refractivity contribution in [3.8, 4) is 11.5 Å². The normalized spacial score (nSPS) is 10.4. The van der Waals surface area contributed by atoms with E-state index in [1.807, 2.05) is 0 Å². The summed E-state index contributed by atoms with van der Waals surface area (Å²) >= 11 is 4.65. The molecule has 0 unspecified atom stereocenters. The number of aryl methyl sites for hydroxylation is 1. The molecule has 2 rings (SSSR count). The van der Waals surface area contributed by atoms with Crippen LogP contribution in [0.5, 0.6) is 11.5 Å². The topological polar surface area (TPSA) is 35.2 Å². The summed E-state index contributed by atoms with van der Waals surface area (Å²) in [5, 5.41) is 0. The molecule has 0 bridgehead atoms. The molecule has 20 heavy (non-hydrogen) atoms. The van der Waals surface area contributed by atoms with Crippen LogP contribution in [0.1, 0.15) is 11.1 Å². The van der Waals surface area contributed by atoms with Crippen LogP contribution in [0.2, 0.25) is 0 Å². The quantitative estimate of drug-likeness (QED) is 0.874.